The van der Waals surface area contributed by atoms with Crippen LogP contribution in [0.5, 0.6) is 5.75 Å². The van der Waals surface area contributed by atoms with Crippen molar-refractivity contribution in [2.24, 2.45) is 7.05 Å². The van der Waals surface area contributed by atoms with Crippen molar-refractivity contribution in [1.29, 1.82) is 0 Å². The van der Waals surface area contributed by atoms with Gasteiger partial charge < -0.3 is 4.74 Å². The van der Waals surface area contributed by atoms with Crippen LogP contribution in [0.15, 0.2) is 55.0 Å². The van der Waals surface area contributed by atoms with Gasteiger partial charge in [0.15, 0.2) is 0 Å². The number of fused-ring (bicyclic) bond motifs is 1. The highest BCUT2D eigenvalue weighted by Crippen LogP contribution is 2.33. The number of aromatic nitrogens is 4. The fourth-order valence-electron chi connectivity index (χ4n) is 2.99. The lowest BCUT2D eigenvalue weighted by molar-refractivity contribution is 0.309. The van der Waals surface area contributed by atoms with Gasteiger partial charge in [0.2, 0.25) is 0 Å². The molecule has 130 valence electrons. The number of benzene rings is 1. The van der Waals surface area contributed by atoms with E-state index in [0.717, 1.165) is 39.2 Å². The summed E-state index contributed by atoms with van der Waals surface area (Å²) in [6.07, 6.45) is 5.17. The van der Waals surface area contributed by atoms with Gasteiger partial charge in [0.25, 0.3) is 0 Å². The second-order valence-corrected chi connectivity index (χ2v) is 6.47. The minimum absolute atomic E-state index is 0.336. The van der Waals surface area contributed by atoms with Crippen molar-refractivity contribution in [2.45, 2.75) is 13.5 Å². The van der Waals surface area contributed by atoms with E-state index in [0.29, 0.717) is 11.6 Å². The number of nitrogens with zero attached hydrogens (tertiary/aromatic N) is 4. The normalized spacial score (nSPS) is 11.0. The van der Waals surface area contributed by atoms with Crippen LogP contribution in [0.25, 0.3) is 22.2 Å². The first kappa shape index (κ1) is 16.5. The molecule has 0 bridgehead atoms. The molecule has 26 heavy (non-hydrogen) atoms. The number of aryl methyl sites for hydroxylation is 2. The molecule has 0 aliphatic heterocycles. The third-order valence-electron chi connectivity index (χ3n) is 4.25. The summed E-state index contributed by atoms with van der Waals surface area (Å²) in [6.45, 7) is 2.32. The Hall–Kier alpha value is -2.92. The van der Waals surface area contributed by atoms with Gasteiger partial charge in [-0.05, 0) is 31.2 Å². The Morgan fingerprint density at radius 3 is 2.81 bits per heavy atom. The van der Waals surface area contributed by atoms with Crippen molar-refractivity contribution in [2.75, 3.05) is 0 Å². The molecule has 0 N–H and O–H groups in total. The number of pyridine rings is 2. The standard InChI is InChI=1S/C20H17ClN4O/c1-13-10-16(18-7-9-23-25(18)2)15-4-3-5-19(20(15)24-13)26-12-14-11-22-8-6-17(14)21/h3-11H,12H2,1-2H3. The minimum Gasteiger partial charge on any atom is -0.487 e. The number of rotatable bonds is 4. The van der Waals surface area contributed by atoms with Crippen LogP contribution in [0, 0.1) is 6.92 Å². The van der Waals surface area contributed by atoms with E-state index in [9.17, 15) is 0 Å². The zero-order valence-electron chi connectivity index (χ0n) is 14.5. The fraction of sp³-hybridized carbons (Fsp3) is 0.150. The number of halogens is 1. The third kappa shape index (κ3) is 3.02. The first-order chi connectivity index (χ1) is 12.6. The highest BCUT2D eigenvalue weighted by molar-refractivity contribution is 6.31. The first-order valence-electron chi connectivity index (χ1n) is 8.23. The summed E-state index contributed by atoms with van der Waals surface area (Å²) < 4.78 is 7.89. The zero-order chi connectivity index (χ0) is 18.1. The Labute approximate surface area is 156 Å². The van der Waals surface area contributed by atoms with E-state index in [1.807, 2.05) is 42.9 Å². The second kappa shape index (κ2) is 6.77. The Bertz CT molecular complexity index is 1090. The van der Waals surface area contributed by atoms with Crippen LogP contribution in [0.1, 0.15) is 11.3 Å². The SMILES string of the molecule is Cc1cc(-c2ccnn2C)c2cccc(OCc3cnccc3Cl)c2n1. The van der Waals surface area contributed by atoms with Gasteiger partial charge in [0.05, 0.1) is 10.7 Å². The fourth-order valence-corrected chi connectivity index (χ4v) is 3.15. The molecule has 0 aliphatic rings. The molecule has 0 unspecified atom stereocenters. The maximum atomic E-state index is 6.20. The van der Waals surface area contributed by atoms with Crippen molar-refractivity contribution < 1.29 is 4.74 Å². The molecule has 0 spiro atoms. The van der Waals surface area contributed by atoms with Gasteiger partial charge in [-0.15, -0.1) is 0 Å². The number of ether oxygens (including phenoxy) is 1. The lowest BCUT2D eigenvalue weighted by Crippen LogP contribution is -2.00. The van der Waals surface area contributed by atoms with E-state index in [4.69, 9.17) is 21.3 Å². The van der Waals surface area contributed by atoms with Gasteiger partial charge in [-0.2, -0.15) is 5.10 Å². The molecular formula is C20H17ClN4O. The average molecular weight is 365 g/mol. The Kier molecular flexibility index (Phi) is 4.31. The third-order valence-corrected chi connectivity index (χ3v) is 4.62. The predicted octanol–water partition coefficient (Wildman–Crippen LogP) is 4.57. The van der Waals surface area contributed by atoms with Crippen molar-refractivity contribution in [3.63, 3.8) is 0 Å². The zero-order valence-corrected chi connectivity index (χ0v) is 15.2. The summed E-state index contributed by atoms with van der Waals surface area (Å²) in [7, 11) is 1.93. The highest BCUT2D eigenvalue weighted by Gasteiger charge is 2.13. The van der Waals surface area contributed by atoms with Gasteiger partial charge in [0, 0.05) is 47.8 Å². The van der Waals surface area contributed by atoms with E-state index in [1.54, 1.807) is 24.7 Å². The van der Waals surface area contributed by atoms with E-state index in [1.165, 1.54) is 0 Å². The van der Waals surface area contributed by atoms with Gasteiger partial charge in [-0.3, -0.25) is 9.67 Å². The molecule has 5 nitrogen and oxygen atoms in total. The van der Waals surface area contributed by atoms with Crippen LogP contribution in [0.3, 0.4) is 0 Å². The van der Waals surface area contributed by atoms with Crippen LogP contribution >= 0.6 is 11.6 Å². The van der Waals surface area contributed by atoms with E-state index in [-0.39, 0.29) is 0 Å². The summed E-state index contributed by atoms with van der Waals surface area (Å²) >= 11 is 6.20. The average Bonchev–Trinajstić information content (AvgIpc) is 3.06. The predicted molar refractivity (Wildman–Crippen MR) is 102 cm³/mol. The van der Waals surface area contributed by atoms with Gasteiger partial charge in [0.1, 0.15) is 17.9 Å². The molecule has 0 saturated heterocycles. The molecule has 4 aromatic rings. The van der Waals surface area contributed by atoms with Crippen LogP contribution in [0.2, 0.25) is 5.02 Å². The van der Waals surface area contributed by atoms with Gasteiger partial charge in [-0.1, -0.05) is 23.7 Å². The van der Waals surface area contributed by atoms with E-state index in [2.05, 4.69) is 16.1 Å². The first-order valence-corrected chi connectivity index (χ1v) is 8.61. The topological polar surface area (TPSA) is 52.8 Å². The molecule has 0 atom stereocenters. The quantitative estimate of drug-likeness (QED) is 0.532. The van der Waals surface area contributed by atoms with Gasteiger partial charge >= 0.3 is 0 Å². The van der Waals surface area contributed by atoms with Crippen LogP contribution < -0.4 is 4.74 Å². The summed E-state index contributed by atoms with van der Waals surface area (Å²) in [5.74, 6) is 0.717. The van der Waals surface area contributed by atoms with Crippen molar-refractivity contribution in [1.82, 2.24) is 19.7 Å². The molecule has 6 heteroatoms. The molecule has 3 heterocycles. The molecular weight excluding hydrogens is 348 g/mol. The molecule has 0 saturated carbocycles. The molecule has 0 radical (unpaired) electrons. The van der Waals surface area contributed by atoms with E-state index < -0.39 is 0 Å². The van der Waals surface area contributed by atoms with Crippen molar-refractivity contribution in [3.8, 4) is 17.0 Å². The second-order valence-electron chi connectivity index (χ2n) is 6.06. The monoisotopic (exact) mass is 364 g/mol. The van der Waals surface area contributed by atoms with Crippen LogP contribution in [0.4, 0.5) is 0 Å². The largest absolute Gasteiger partial charge is 0.487 e. The lowest BCUT2D eigenvalue weighted by Gasteiger charge is -2.13. The Morgan fingerprint density at radius 1 is 1.15 bits per heavy atom. The van der Waals surface area contributed by atoms with Gasteiger partial charge in [-0.25, -0.2) is 4.98 Å². The Balaban J connectivity index is 1.78. The van der Waals surface area contributed by atoms with Crippen LogP contribution in [-0.4, -0.2) is 19.7 Å². The molecule has 4 rings (SSSR count). The van der Waals surface area contributed by atoms with Crippen LogP contribution in [-0.2, 0) is 13.7 Å². The molecule has 0 fully saturated rings. The molecule has 0 amide bonds. The van der Waals surface area contributed by atoms with E-state index >= 15 is 0 Å². The highest BCUT2D eigenvalue weighted by atomic mass is 35.5. The Morgan fingerprint density at radius 2 is 2.04 bits per heavy atom. The molecule has 3 aromatic heterocycles. The number of hydrogen-bond acceptors (Lipinski definition) is 4. The summed E-state index contributed by atoms with van der Waals surface area (Å²) in [5, 5.41) is 5.94. The summed E-state index contributed by atoms with van der Waals surface area (Å²) in [4.78, 5) is 8.81. The maximum Gasteiger partial charge on any atom is 0.146 e. The number of hydrogen-bond donors (Lipinski definition) is 0. The number of para-hydroxylation sites is 1. The molecule has 1 aromatic carbocycles. The lowest BCUT2D eigenvalue weighted by atomic mass is 10.0. The summed E-state index contributed by atoms with van der Waals surface area (Å²) in [6, 6.07) is 11.8. The van der Waals surface area contributed by atoms with Crippen molar-refractivity contribution >= 4 is 22.5 Å². The summed E-state index contributed by atoms with van der Waals surface area (Å²) in [5.41, 5.74) is 4.70. The smallest absolute Gasteiger partial charge is 0.146 e. The van der Waals surface area contributed by atoms with Crippen molar-refractivity contribution in [3.05, 3.63) is 71.3 Å². The minimum atomic E-state index is 0.336. The molecule has 0 aliphatic carbocycles. The maximum absolute atomic E-state index is 6.20.